The first-order valence-corrected chi connectivity index (χ1v) is 33.4. The summed E-state index contributed by atoms with van der Waals surface area (Å²) in [5.74, 6) is -0.893. The van der Waals surface area contributed by atoms with Gasteiger partial charge in [-0.25, -0.2) is 0 Å². The zero-order valence-corrected chi connectivity index (χ0v) is 51.2. The first-order chi connectivity index (χ1) is 38.0. The van der Waals surface area contributed by atoms with Crippen LogP contribution in [-0.2, 0) is 28.6 Å². The van der Waals surface area contributed by atoms with Crippen molar-refractivity contribution in [1.29, 1.82) is 0 Å². The molecule has 0 radical (unpaired) electrons. The molecule has 1 unspecified atom stereocenters. The number of carbonyl (C=O) groups excluding carboxylic acids is 3. The van der Waals surface area contributed by atoms with Crippen LogP contribution in [-0.4, -0.2) is 37.2 Å². The van der Waals surface area contributed by atoms with Crippen LogP contribution in [0, 0.1) is 0 Å². The van der Waals surface area contributed by atoms with E-state index in [0.717, 1.165) is 109 Å². The molecule has 0 aliphatic heterocycles. The van der Waals surface area contributed by atoms with Gasteiger partial charge in [0.2, 0.25) is 0 Å². The van der Waals surface area contributed by atoms with Crippen LogP contribution in [0.3, 0.4) is 0 Å². The van der Waals surface area contributed by atoms with Crippen LogP contribution in [0.4, 0.5) is 0 Å². The van der Waals surface area contributed by atoms with Gasteiger partial charge in [-0.1, -0.05) is 286 Å². The number of hydrogen-bond donors (Lipinski definition) is 0. The van der Waals surface area contributed by atoms with E-state index in [0.29, 0.717) is 19.3 Å². The monoisotopic (exact) mass is 1070 g/mol. The summed E-state index contributed by atoms with van der Waals surface area (Å²) in [7, 11) is 0. The van der Waals surface area contributed by atoms with Gasteiger partial charge in [-0.15, -0.1) is 0 Å². The van der Waals surface area contributed by atoms with E-state index in [1.54, 1.807) is 0 Å². The maximum atomic E-state index is 12.9. The number of carbonyl (C=O) groups is 3. The van der Waals surface area contributed by atoms with Gasteiger partial charge in [-0.05, 0) is 109 Å². The van der Waals surface area contributed by atoms with E-state index in [1.165, 1.54) is 193 Å². The second-order valence-electron chi connectivity index (χ2n) is 22.3. The summed E-state index contributed by atoms with van der Waals surface area (Å²) in [6.07, 6.45) is 85.0. The molecule has 0 aliphatic rings. The lowest BCUT2D eigenvalue weighted by Crippen LogP contribution is -2.30. The number of rotatable bonds is 61. The third-order valence-electron chi connectivity index (χ3n) is 14.7. The molecule has 6 heteroatoms. The predicted molar refractivity (Wildman–Crippen MR) is 335 cm³/mol. The highest BCUT2D eigenvalue weighted by molar-refractivity contribution is 5.71. The molecule has 0 saturated carbocycles. The molecular weight excluding hydrogens is 949 g/mol. The summed E-state index contributed by atoms with van der Waals surface area (Å²) >= 11 is 0. The van der Waals surface area contributed by atoms with Crippen LogP contribution in [0.15, 0.2) is 72.9 Å². The molecule has 0 rings (SSSR count). The summed E-state index contributed by atoms with van der Waals surface area (Å²) in [6, 6.07) is 0. The zero-order valence-electron chi connectivity index (χ0n) is 51.2. The second kappa shape index (κ2) is 65.4. The van der Waals surface area contributed by atoms with Gasteiger partial charge in [-0.2, -0.15) is 0 Å². The lowest BCUT2D eigenvalue weighted by atomic mass is 10.0. The van der Waals surface area contributed by atoms with Gasteiger partial charge >= 0.3 is 17.9 Å². The van der Waals surface area contributed by atoms with E-state index in [4.69, 9.17) is 14.2 Å². The Balaban J connectivity index is 4.22. The highest BCUT2D eigenvalue weighted by Gasteiger charge is 2.19. The first kappa shape index (κ1) is 73.8. The number of allylic oxidation sites excluding steroid dienone is 12. The van der Waals surface area contributed by atoms with Crippen LogP contribution >= 0.6 is 0 Å². The summed E-state index contributed by atoms with van der Waals surface area (Å²) in [6.45, 7) is 6.53. The van der Waals surface area contributed by atoms with Crippen LogP contribution in [0.1, 0.15) is 342 Å². The molecule has 0 spiro atoms. The maximum absolute atomic E-state index is 12.9. The van der Waals surface area contributed by atoms with E-state index < -0.39 is 6.10 Å². The van der Waals surface area contributed by atoms with Crippen LogP contribution in [0.25, 0.3) is 0 Å². The molecule has 0 saturated heterocycles. The average molecular weight is 1080 g/mol. The molecule has 0 aromatic rings. The molecule has 0 heterocycles. The Hall–Kier alpha value is -3.15. The van der Waals surface area contributed by atoms with Crippen molar-refractivity contribution in [3.8, 4) is 0 Å². The third-order valence-corrected chi connectivity index (χ3v) is 14.7. The molecule has 0 aromatic carbocycles. The van der Waals surface area contributed by atoms with Gasteiger partial charge in [0.25, 0.3) is 0 Å². The molecule has 0 amide bonds. The fourth-order valence-corrected chi connectivity index (χ4v) is 9.66. The Kier molecular flexibility index (Phi) is 62.7. The van der Waals surface area contributed by atoms with Gasteiger partial charge < -0.3 is 14.2 Å². The van der Waals surface area contributed by atoms with Crippen molar-refractivity contribution < 1.29 is 28.6 Å². The number of unbranched alkanes of at least 4 members (excludes halogenated alkanes) is 38. The van der Waals surface area contributed by atoms with Crippen LogP contribution in [0.5, 0.6) is 0 Å². The van der Waals surface area contributed by atoms with Gasteiger partial charge in [-0.3, -0.25) is 14.4 Å². The van der Waals surface area contributed by atoms with E-state index >= 15 is 0 Å². The predicted octanol–water partition coefficient (Wildman–Crippen LogP) is 22.9. The fourth-order valence-electron chi connectivity index (χ4n) is 9.66. The topological polar surface area (TPSA) is 78.9 Å². The standard InChI is InChI=1S/C71H126O6/c1-4-7-10-13-16-19-22-25-28-29-30-31-32-33-34-35-36-37-38-39-40-41-44-46-49-52-55-58-61-64-70(73)76-67-68(77-71(74)65-62-59-56-53-50-47-43-27-24-21-18-15-12-9-6-3)66-75-69(72)63-60-57-54-51-48-45-42-26-23-20-17-14-11-8-5-2/h9,12,18,21-22,25-27,29-30,42-43,68H,4-8,10-11,13-17,19-20,23-24,28,31-41,44-67H2,1-3H3/b12-9-,21-18-,25-22-,30-29-,42-26-,43-27-. The molecule has 0 aliphatic carbocycles. The summed E-state index contributed by atoms with van der Waals surface area (Å²) in [4.78, 5) is 38.3. The van der Waals surface area contributed by atoms with Gasteiger partial charge in [0.1, 0.15) is 13.2 Å². The molecule has 446 valence electrons. The Bertz CT molecular complexity index is 1420. The SMILES string of the molecule is CC/C=C\C/C=C\C/C=C\CCCCCCCC(=O)OC(COC(=O)CCCCCCC/C=C\CCCCCCCC)COC(=O)CCCCCCCCCCCCCCCCCCC/C=C\C/C=C\CCCCCCC. The zero-order chi connectivity index (χ0) is 55.7. The van der Waals surface area contributed by atoms with Gasteiger partial charge in [0, 0.05) is 19.3 Å². The minimum atomic E-state index is -0.788. The van der Waals surface area contributed by atoms with Gasteiger partial charge in [0.15, 0.2) is 6.10 Å². The lowest BCUT2D eigenvalue weighted by Gasteiger charge is -2.18. The largest absolute Gasteiger partial charge is 0.462 e. The van der Waals surface area contributed by atoms with Crippen molar-refractivity contribution in [3.05, 3.63) is 72.9 Å². The van der Waals surface area contributed by atoms with Crippen LogP contribution < -0.4 is 0 Å². The number of ether oxygens (including phenoxy) is 3. The molecule has 0 fully saturated rings. The summed E-state index contributed by atoms with van der Waals surface area (Å²) in [5, 5.41) is 0. The van der Waals surface area contributed by atoms with Crippen molar-refractivity contribution >= 4 is 17.9 Å². The van der Waals surface area contributed by atoms with Crippen molar-refractivity contribution in [2.75, 3.05) is 13.2 Å². The second-order valence-corrected chi connectivity index (χ2v) is 22.3. The molecule has 0 N–H and O–H groups in total. The van der Waals surface area contributed by atoms with E-state index in [2.05, 4.69) is 93.7 Å². The van der Waals surface area contributed by atoms with E-state index in [9.17, 15) is 14.4 Å². The minimum Gasteiger partial charge on any atom is -0.462 e. The van der Waals surface area contributed by atoms with Gasteiger partial charge in [0.05, 0.1) is 0 Å². The number of hydrogen-bond acceptors (Lipinski definition) is 6. The lowest BCUT2D eigenvalue weighted by molar-refractivity contribution is -0.167. The van der Waals surface area contributed by atoms with E-state index in [1.807, 2.05) is 0 Å². The van der Waals surface area contributed by atoms with E-state index in [-0.39, 0.29) is 31.1 Å². The highest BCUT2D eigenvalue weighted by Crippen LogP contribution is 2.17. The minimum absolute atomic E-state index is 0.0826. The van der Waals surface area contributed by atoms with Crippen molar-refractivity contribution in [2.24, 2.45) is 0 Å². The van der Waals surface area contributed by atoms with Crippen molar-refractivity contribution in [2.45, 2.75) is 348 Å². The molecule has 1 atom stereocenters. The molecule has 0 bridgehead atoms. The fraction of sp³-hybridized carbons (Fsp3) is 0.789. The molecule has 0 aromatic heterocycles. The smallest absolute Gasteiger partial charge is 0.306 e. The maximum Gasteiger partial charge on any atom is 0.306 e. The molecular formula is C71H126O6. The average Bonchev–Trinajstić information content (AvgIpc) is 3.43. The summed E-state index contributed by atoms with van der Waals surface area (Å²) in [5.41, 5.74) is 0. The number of esters is 3. The van der Waals surface area contributed by atoms with Crippen molar-refractivity contribution in [3.63, 3.8) is 0 Å². The molecule has 77 heavy (non-hydrogen) atoms. The van der Waals surface area contributed by atoms with Crippen LogP contribution in [0.2, 0.25) is 0 Å². The normalized spacial score (nSPS) is 12.5. The molecule has 6 nitrogen and oxygen atoms in total. The highest BCUT2D eigenvalue weighted by atomic mass is 16.6. The Morgan fingerprint density at radius 1 is 0.273 bits per heavy atom. The quantitative estimate of drug-likeness (QED) is 0.0261. The summed E-state index contributed by atoms with van der Waals surface area (Å²) < 4.78 is 16.9. The first-order valence-electron chi connectivity index (χ1n) is 33.4. The Morgan fingerprint density at radius 2 is 0.506 bits per heavy atom. The third kappa shape index (κ3) is 63.6. The Morgan fingerprint density at radius 3 is 0.805 bits per heavy atom. The Labute approximate surface area is 478 Å². The van der Waals surface area contributed by atoms with Crippen molar-refractivity contribution in [1.82, 2.24) is 0 Å².